The Hall–Kier alpha value is -1.57. The topological polar surface area (TPSA) is 32.9 Å². The molecular formula is C16H25NO. The van der Waals surface area contributed by atoms with Gasteiger partial charge < -0.3 is 4.98 Å². The molecular weight excluding hydrogens is 222 g/mol. The third kappa shape index (κ3) is 3.73. The number of fused-ring (bicyclic) bond motifs is 1. The summed E-state index contributed by atoms with van der Waals surface area (Å²) in [7, 11) is 0. The van der Waals surface area contributed by atoms with Crippen molar-refractivity contribution in [3.63, 3.8) is 0 Å². The number of para-hydroxylation sites is 1. The molecule has 0 spiro atoms. The Morgan fingerprint density at radius 2 is 1.83 bits per heavy atom. The van der Waals surface area contributed by atoms with Crippen molar-refractivity contribution in [3.05, 3.63) is 36.0 Å². The number of benzene rings is 1. The molecule has 1 N–H and O–H groups in total. The molecule has 2 rings (SSSR count). The normalized spacial score (nSPS) is 9.61. The van der Waals surface area contributed by atoms with E-state index in [0.717, 1.165) is 16.5 Å². The largest absolute Gasteiger partial charge is 0.361 e. The zero-order valence-corrected chi connectivity index (χ0v) is 11.1. The summed E-state index contributed by atoms with van der Waals surface area (Å²) in [5.41, 5.74) is 2.20. The number of aromatic amines is 1. The van der Waals surface area contributed by atoms with E-state index in [1.807, 2.05) is 52.1 Å². The Bertz CT molecular complexity index is 483. The fourth-order valence-electron chi connectivity index (χ4n) is 1.67. The lowest BCUT2D eigenvalue weighted by molar-refractivity contribution is -0.121. The number of H-pyrrole nitrogens is 1. The Morgan fingerprint density at radius 1 is 1.22 bits per heavy atom. The van der Waals surface area contributed by atoms with Crippen LogP contribution in [0, 0.1) is 5.92 Å². The van der Waals surface area contributed by atoms with E-state index in [-0.39, 0.29) is 13.3 Å². The first-order valence-corrected chi connectivity index (χ1v) is 6.26. The van der Waals surface area contributed by atoms with Crippen LogP contribution in [0.3, 0.4) is 0 Å². The van der Waals surface area contributed by atoms with E-state index < -0.39 is 0 Å². The summed E-state index contributed by atoms with van der Waals surface area (Å²) in [6.07, 6.45) is 2.46. The lowest BCUT2D eigenvalue weighted by Gasteiger charge is -2.02. The van der Waals surface area contributed by atoms with Gasteiger partial charge in [-0.2, -0.15) is 0 Å². The van der Waals surface area contributed by atoms with Crippen LogP contribution in [-0.2, 0) is 11.2 Å². The molecule has 100 valence electrons. The summed E-state index contributed by atoms with van der Waals surface area (Å²) in [5, 5.41) is 1.16. The summed E-state index contributed by atoms with van der Waals surface area (Å²) >= 11 is 0. The monoisotopic (exact) mass is 247 g/mol. The van der Waals surface area contributed by atoms with Crippen molar-refractivity contribution in [1.29, 1.82) is 0 Å². The average Bonchev–Trinajstić information content (AvgIpc) is 2.75. The van der Waals surface area contributed by atoms with Gasteiger partial charge in [-0.15, -0.1) is 0 Å². The molecule has 2 aromatic rings. The minimum absolute atomic E-state index is 0. The van der Waals surface area contributed by atoms with Crippen molar-refractivity contribution >= 4 is 16.7 Å². The average molecular weight is 247 g/mol. The first-order valence-electron chi connectivity index (χ1n) is 6.26. The van der Waals surface area contributed by atoms with Gasteiger partial charge in [0.25, 0.3) is 0 Å². The molecule has 18 heavy (non-hydrogen) atoms. The first-order chi connectivity index (χ1) is 8.18. The Labute approximate surface area is 110 Å². The van der Waals surface area contributed by atoms with Crippen molar-refractivity contribution < 1.29 is 4.79 Å². The second-order valence-electron chi connectivity index (χ2n) is 4.16. The minimum Gasteiger partial charge on any atom is -0.361 e. The van der Waals surface area contributed by atoms with Crippen LogP contribution in [0.1, 0.15) is 40.7 Å². The second-order valence-corrected chi connectivity index (χ2v) is 4.16. The molecule has 0 aliphatic carbocycles. The summed E-state index contributed by atoms with van der Waals surface area (Å²) in [5.74, 6) is 0.401. The predicted molar refractivity (Wildman–Crippen MR) is 79.9 cm³/mol. The summed E-state index contributed by atoms with van der Waals surface area (Å²) in [6, 6.07) is 8.07. The zero-order chi connectivity index (χ0) is 12.8. The van der Waals surface area contributed by atoms with Crippen molar-refractivity contribution in [1.82, 2.24) is 4.98 Å². The number of nitrogens with one attached hydrogen (secondary N) is 1. The lowest BCUT2D eigenvalue weighted by atomic mass is 10.0. The van der Waals surface area contributed by atoms with Crippen LogP contribution in [0.5, 0.6) is 0 Å². The molecule has 1 aromatic heterocycles. The summed E-state index contributed by atoms with van der Waals surface area (Å²) in [6.45, 7) is 7.88. The third-order valence-electron chi connectivity index (χ3n) is 2.68. The molecule has 2 heteroatoms. The Morgan fingerprint density at radius 3 is 2.44 bits per heavy atom. The minimum atomic E-state index is 0. The maximum atomic E-state index is 11.6. The standard InChI is InChI=1S/C13H15NO.C2H6.CH4/c1-9(2)13(15)7-10-8-14-12-6-4-3-5-11(10)12;1-2;/h3-6,8-9,14H,7H2,1-2H3;1-2H3;1H4. The van der Waals surface area contributed by atoms with E-state index in [9.17, 15) is 4.79 Å². The molecule has 0 fully saturated rings. The van der Waals surface area contributed by atoms with E-state index in [2.05, 4.69) is 11.1 Å². The molecule has 0 radical (unpaired) electrons. The van der Waals surface area contributed by atoms with Crippen LogP contribution in [0.2, 0.25) is 0 Å². The van der Waals surface area contributed by atoms with Crippen LogP contribution in [0.4, 0.5) is 0 Å². The number of ketones is 1. The van der Waals surface area contributed by atoms with Gasteiger partial charge in [-0.1, -0.05) is 53.3 Å². The fourth-order valence-corrected chi connectivity index (χ4v) is 1.67. The molecule has 0 aliphatic heterocycles. The highest BCUT2D eigenvalue weighted by Gasteiger charge is 2.11. The maximum absolute atomic E-state index is 11.6. The molecule has 2 nitrogen and oxygen atoms in total. The van der Waals surface area contributed by atoms with E-state index in [4.69, 9.17) is 0 Å². The van der Waals surface area contributed by atoms with Gasteiger partial charge in [0.1, 0.15) is 5.78 Å². The molecule has 0 amide bonds. The number of aromatic nitrogens is 1. The number of carbonyl (C=O) groups excluding carboxylic acids is 1. The highest BCUT2D eigenvalue weighted by molar-refractivity contribution is 5.90. The SMILES string of the molecule is C.CC.CC(C)C(=O)Cc1c[nH]c2ccccc12. The van der Waals surface area contributed by atoms with Crippen molar-refractivity contribution in [2.75, 3.05) is 0 Å². The second kappa shape index (κ2) is 7.70. The number of Topliss-reactive ketones (excluding diaryl/α,β-unsaturated/α-hetero) is 1. The van der Waals surface area contributed by atoms with Crippen molar-refractivity contribution in [3.8, 4) is 0 Å². The Balaban J connectivity index is 0.000000917. The molecule has 0 atom stereocenters. The highest BCUT2D eigenvalue weighted by Crippen LogP contribution is 2.19. The maximum Gasteiger partial charge on any atom is 0.139 e. The van der Waals surface area contributed by atoms with Gasteiger partial charge in [0.2, 0.25) is 0 Å². The van der Waals surface area contributed by atoms with Gasteiger partial charge in [-0.25, -0.2) is 0 Å². The van der Waals surface area contributed by atoms with E-state index >= 15 is 0 Å². The molecule has 0 aliphatic rings. The van der Waals surface area contributed by atoms with E-state index in [1.165, 1.54) is 0 Å². The molecule has 0 bridgehead atoms. The molecule has 0 saturated heterocycles. The van der Waals surface area contributed by atoms with E-state index in [0.29, 0.717) is 12.2 Å². The van der Waals surface area contributed by atoms with Crippen LogP contribution in [0.25, 0.3) is 10.9 Å². The number of hydrogen-bond donors (Lipinski definition) is 1. The van der Waals surface area contributed by atoms with Gasteiger partial charge in [0.15, 0.2) is 0 Å². The smallest absolute Gasteiger partial charge is 0.139 e. The van der Waals surface area contributed by atoms with Crippen molar-refractivity contribution in [2.45, 2.75) is 41.5 Å². The van der Waals surface area contributed by atoms with Gasteiger partial charge in [0.05, 0.1) is 0 Å². The number of carbonyl (C=O) groups is 1. The van der Waals surface area contributed by atoms with Gasteiger partial charge >= 0.3 is 0 Å². The first kappa shape index (κ1) is 16.4. The third-order valence-corrected chi connectivity index (χ3v) is 2.68. The molecule has 1 heterocycles. The number of hydrogen-bond acceptors (Lipinski definition) is 1. The van der Waals surface area contributed by atoms with Gasteiger partial charge in [0, 0.05) is 29.4 Å². The molecule has 0 saturated carbocycles. The van der Waals surface area contributed by atoms with Crippen LogP contribution in [-0.4, -0.2) is 10.8 Å². The lowest BCUT2D eigenvalue weighted by Crippen LogP contribution is -2.09. The van der Waals surface area contributed by atoms with Crippen LogP contribution < -0.4 is 0 Å². The fraction of sp³-hybridized carbons (Fsp3) is 0.438. The predicted octanol–water partition coefficient (Wildman–Crippen LogP) is 4.60. The van der Waals surface area contributed by atoms with Gasteiger partial charge in [-0.3, -0.25) is 4.79 Å². The zero-order valence-electron chi connectivity index (χ0n) is 11.1. The van der Waals surface area contributed by atoms with E-state index in [1.54, 1.807) is 0 Å². The van der Waals surface area contributed by atoms with Gasteiger partial charge in [-0.05, 0) is 11.6 Å². The molecule has 0 unspecified atom stereocenters. The van der Waals surface area contributed by atoms with Crippen molar-refractivity contribution in [2.24, 2.45) is 5.92 Å². The quantitative estimate of drug-likeness (QED) is 0.845. The van der Waals surface area contributed by atoms with Crippen LogP contribution >= 0.6 is 0 Å². The van der Waals surface area contributed by atoms with Crippen LogP contribution in [0.15, 0.2) is 30.5 Å². The number of rotatable bonds is 3. The summed E-state index contributed by atoms with van der Waals surface area (Å²) < 4.78 is 0. The summed E-state index contributed by atoms with van der Waals surface area (Å²) in [4.78, 5) is 14.8. The molecule has 1 aromatic carbocycles. The highest BCUT2D eigenvalue weighted by atomic mass is 16.1. The Kier molecular flexibility index (Phi) is 7.03.